The quantitative estimate of drug-likeness (QED) is 0.587. The maximum Gasteiger partial charge on any atom is 0.357 e. The Morgan fingerprint density at radius 1 is 1.12 bits per heavy atom. The standard InChI is InChI=1S/C11H15O4P/c1-13-11(9-16(12,14-2)15-3)10-7-5-4-6-8-10/h4-9H,1-3H3. The molecule has 0 unspecified atom stereocenters. The van der Waals surface area contributed by atoms with Crippen LogP contribution in [0.2, 0.25) is 0 Å². The van der Waals surface area contributed by atoms with Crippen molar-refractivity contribution in [2.75, 3.05) is 21.3 Å². The molecular formula is C11H15O4P. The Bertz CT molecular complexity index is 392. The lowest BCUT2D eigenvalue weighted by Crippen LogP contribution is -1.90. The minimum atomic E-state index is -3.21. The first kappa shape index (κ1) is 13.0. The normalized spacial score (nSPS) is 12.6. The highest BCUT2D eigenvalue weighted by Crippen LogP contribution is 2.50. The van der Waals surface area contributed by atoms with Crippen molar-refractivity contribution >= 4 is 13.4 Å². The Labute approximate surface area is 95.4 Å². The molecule has 0 aliphatic rings. The molecule has 0 aromatic heterocycles. The van der Waals surface area contributed by atoms with Crippen molar-refractivity contribution in [2.45, 2.75) is 0 Å². The van der Waals surface area contributed by atoms with Gasteiger partial charge in [0.05, 0.1) is 12.9 Å². The van der Waals surface area contributed by atoms with E-state index in [1.165, 1.54) is 27.1 Å². The monoisotopic (exact) mass is 242 g/mol. The molecule has 88 valence electrons. The molecule has 0 atom stereocenters. The van der Waals surface area contributed by atoms with Gasteiger partial charge in [-0.3, -0.25) is 4.57 Å². The van der Waals surface area contributed by atoms with Crippen LogP contribution >= 0.6 is 7.60 Å². The number of methoxy groups -OCH3 is 1. The topological polar surface area (TPSA) is 44.8 Å². The number of hydrogen-bond acceptors (Lipinski definition) is 4. The van der Waals surface area contributed by atoms with Crippen LogP contribution in [0, 0.1) is 0 Å². The van der Waals surface area contributed by atoms with Gasteiger partial charge in [-0.1, -0.05) is 30.3 Å². The van der Waals surface area contributed by atoms with Crippen LogP contribution in [0.3, 0.4) is 0 Å². The van der Waals surface area contributed by atoms with Crippen molar-refractivity contribution in [1.82, 2.24) is 0 Å². The molecule has 0 aliphatic carbocycles. The van der Waals surface area contributed by atoms with E-state index in [1.54, 1.807) is 0 Å². The first-order chi connectivity index (χ1) is 7.65. The van der Waals surface area contributed by atoms with Crippen molar-refractivity contribution in [2.24, 2.45) is 0 Å². The van der Waals surface area contributed by atoms with Gasteiger partial charge < -0.3 is 13.8 Å². The third kappa shape index (κ3) is 3.20. The Morgan fingerprint density at radius 3 is 2.12 bits per heavy atom. The molecule has 4 nitrogen and oxygen atoms in total. The number of hydrogen-bond donors (Lipinski definition) is 0. The van der Waals surface area contributed by atoms with Crippen LogP contribution in [-0.2, 0) is 18.3 Å². The molecule has 16 heavy (non-hydrogen) atoms. The van der Waals surface area contributed by atoms with Crippen LogP contribution in [0.5, 0.6) is 0 Å². The molecule has 0 fully saturated rings. The summed E-state index contributed by atoms with van der Waals surface area (Å²) in [6.07, 6.45) is 0. The summed E-state index contributed by atoms with van der Waals surface area (Å²) in [5, 5.41) is 0. The van der Waals surface area contributed by atoms with Gasteiger partial charge in [-0.2, -0.15) is 0 Å². The average molecular weight is 242 g/mol. The van der Waals surface area contributed by atoms with E-state index in [4.69, 9.17) is 13.8 Å². The minimum absolute atomic E-state index is 0.465. The highest BCUT2D eigenvalue weighted by Gasteiger charge is 2.19. The molecule has 5 heteroatoms. The van der Waals surface area contributed by atoms with Crippen LogP contribution < -0.4 is 0 Å². The van der Waals surface area contributed by atoms with Crippen molar-refractivity contribution in [3.8, 4) is 0 Å². The van der Waals surface area contributed by atoms with E-state index in [-0.39, 0.29) is 0 Å². The van der Waals surface area contributed by atoms with Gasteiger partial charge in [0, 0.05) is 19.8 Å². The molecule has 0 aliphatic heterocycles. The SMILES string of the molecule is COC(=CP(=O)(OC)OC)c1ccccc1. The zero-order valence-corrected chi connectivity index (χ0v) is 10.4. The van der Waals surface area contributed by atoms with E-state index in [2.05, 4.69) is 0 Å². The Hall–Kier alpha value is -1.09. The largest absolute Gasteiger partial charge is 0.496 e. The maximum atomic E-state index is 11.9. The van der Waals surface area contributed by atoms with Gasteiger partial charge >= 0.3 is 7.60 Å². The third-order valence-corrected chi connectivity index (χ3v) is 3.63. The Morgan fingerprint density at radius 2 is 1.69 bits per heavy atom. The summed E-state index contributed by atoms with van der Waals surface area (Å²) in [6, 6.07) is 9.33. The summed E-state index contributed by atoms with van der Waals surface area (Å²) in [7, 11) is 0.967. The van der Waals surface area contributed by atoms with Crippen molar-refractivity contribution < 1.29 is 18.3 Å². The van der Waals surface area contributed by atoms with Gasteiger partial charge in [-0.15, -0.1) is 0 Å². The summed E-state index contributed by atoms with van der Waals surface area (Å²) >= 11 is 0. The van der Waals surface area contributed by atoms with E-state index in [0.717, 1.165) is 5.56 Å². The van der Waals surface area contributed by atoms with E-state index in [1.807, 2.05) is 30.3 Å². The van der Waals surface area contributed by atoms with Crippen molar-refractivity contribution in [3.63, 3.8) is 0 Å². The van der Waals surface area contributed by atoms with Gasteiger partial charge in [-0.25, -0.2) is 0 Å². The van der Waals surface area contributed by atoms with E-state index < -0.39 is 7.60 Å². The maximum absolute atomic E-state index is 11.9. The molecule has 0 bridgehead atoms. The molecule has 0 spiro atoms. The van der Waals surface area contributed by atoms with Crippen LogP contribution in [0.4, 0.5) is 0 Å². The zero-order valence-electron chi connectivity index (χ0n) is 9.54. The van der Waals surface area contributed by atoms with Crippen molar-refractivity contribution in [3.05, 3.63) is 41.7 Å². The van der Waals surface area contributed by atoms with E-state index >= 15 is 0 Å². The number of ether oxygens (including phenoxy) is 1. The fourth-order valence-corrected chi connectivity index (χ4v) is 2.07. The minimum Gasteiger partial charge on any atom is -0.496 e. The second-order valence-corrected chi connectivity index (χ2v) is 5.04. The Balaban J connectivity index is 3.08. The second kappa shape index (κ2) is 5.85. The molecule has 0 saturated carbocycles. The lowest BCUT2D eigenvalue weighted by atomic mass is 10.2. The molecule has 0 saturated heterocycles. The fraction of sp³-hybridized carbons (Fsp3) is 0.273. The predicted octanol–water partition coefficient (Wildman–Crippen LogP) is 3.12. The molecular weight excluding hydrogens is 227 g/mol. The van der Waals surface area contributed by atoms with Gasteiger partial charge in [-0.05, 0) is 0 Å². The van der Waals surface area contributed by atoms with Crippen LogP contribution in [0.1, 0.15) is 5.56 Å². The zero-order chi connectivity index (χ0) is 12.0. The highest BCUT2D eigenvalue weighted by atomic mass is 31.2. The van der Waals surface area contributed by atoms with E-state index in [0.29, 0.717) is 5.76 Å². The summed E-state index contributed by atoms with van der Waals surface area (Å²) in [5.41, 5.74) is 0.819. The predicted molar refractivity (Wildman–Crippen MR) is 63.1 cm³/mol. The van der Waals surface area contributed by atoms with Gasteiger partial charge in [0.2, 0.25) is 0 Å². The average Bonchev–Trinajstić information content (AvgIpc) is 2.36. The van der Waals surface area contributed by atoms with Crippen LogP contribution in [-0.4, -0.2) is 21.3 Å². The first-order valence-electron chi connectivity index (χ1n) is 4.68. The smallest absolute Gasteiger partial charge is 0.357 e. The molecule has 0 heterocycles. The fourth-order valence-electron chi connectivity index (χ4n) is 1.17. The van der Waals surface area contributed by atoms with Crippen molar-refractivity contribution in [1.29, 1.82) is 0 Å². The molecule has 1 rings (SSSR count). The third-order valence-electron chi connectivity index (χ3n) is 2.06. The first-order valence-corrected chi connectivity index (χ1v) is 6.30. The van der Waals surface area contributed by atoms with Gasteiger partial charge in [0.25, 0.3) is 0 Å². The second-order valence-electron chi connectivity index (χ2n) is 2.97. The Kier molecular flexibility index (Phi) is 4.74. The summed E-state index contributed by atoms with van der Waals surface area (Å²) < 4.78 is 26.7. The molecule has 1 aromatic rings. The number of rotatable bonds is 5. The summed E-state index contributed by atoms with van der Waals surface area (Å²) in [6.45, 7) is 0. The molecule has 0 amide bonds. The summed E-state index contributed by atoms with van der Waals surface area (Å²) in [5.74, 6) is 1.83. The molecule has 0 radical (unpaired) electrons. The summed E-state index contributed by atoms with van der Waals surface area (Å²) in [4.78, 5) is 0. The van der Waals surface area contributed by atoms with Gasteiger partial charge in [0.1, 0.15) is 5.76 Å². The number of benzene rings is 1. The lowest BCUT2D eigenvalue weighted by molar-refractivity contribution is 0.284. The van der Waals surface area contributed by atoms with E-state index in [9.17, 15) is 4.57 Å². The highest BCUT2D eigenvalue weighted by molar-refractivity contribution is 7.57. The molecule has 1 aromatic carbocycles. The van der Waals surface area contributed by atoms with Gasteiger partial charge in [0.15, 0.2) is 0 Å². The lowest BCUT2D eigenvalue weighted by Gasteiger charge is -2.12. The van der Waals surface area contributed by atoms with Crippen LogP contribution in [0.15, 0.2) is 36.1 Å². The molecule has 0 N–H and O–H groups in total. The van der Waals surface area contributed by atoms with Crippen LogP contribution in [0.25, 0.3) is 5.76 Å².